The summed E-state index contributed by atoms with van der Waals surface area (Å²) in [6.45, 7) is 0. The molecule has 0 atom stereocenters. The lowest BCUT2D eigenvalue weighted by Crippen LogP contribution is -2.14. The third kappa shape index (κ3) is 2.86. The van der Waals surface area contributed by atoms with E-state index >= 15 is 0 Å². The van der Waals surface area contributed by atoms with E-state index in [4.69, 9.17) is 0 Å². The normalized spacial score (nSPS) is 11.1. The summed E-state index contributed by atoms with van der Waals surface area (Å²) < 4.78 is 24.7. The first-order valence-corrected chi connectivity index (χ1v) is 6.41. The average molecular weight is 373 g/mol. The first kappa shape index (κ1) is 13.7. The van der Waals surface area contributed by atoms with Crippen molar-refractivity contribution in [3.05, 3.63) is 38.4 Å². The molecule has 1 aromatic rings. The second-order valence-electron chi connectivity index (χ2n) is 2.75. The van der Waals surface area contributed by atoms with Gasteiger partial charge in [0.15, 0.2) is 4.90 Å². The molecule has 0 spiro atoms. The van der Waals surface area contributed by atoms with Crippen LogP contribution in [-0.2, 0) is 10.0 Å². The molecule has 0 heterocycles. The van der Waals surface area contributed by atoms with Crippen LogP contribution in [0.3, 0.4) is 0 Å². The fourth-order valence-corrected chi connectivity index (χ4v) is 2.48. The van der Waals surface area contributed by atoms with Gasteiger partial charge in [-0.05, 0) is 6.07 Å². The predicted molar refractivity (Wildman–Crippen MR) is 64.1 cm³/mol. The van der Waals surface area contributed by atoms with Crippen molar-refractivity contribution in [2.24, 2.45) is 0 Å². The Morgan fingerprint density at radius 2 is 1.76 bits per heavy atom. The highest BCUT2D eigenvalue weighted by atomic mass is 127. The Hall–Kier alpha value is -1.34. The first-order chi connectivity index (χ1) is 7.79. The van der Waals surface area contributed by atoms with Crippen LogP contribution in [0.5, 0.6) is 0 Å². The number of non-ortho nitro benzene ring substituents is 1. The third-order valence-corrected chi connectivity index (χ3v) is 4.61. The molecular weight excluding hydrogens is 369 g/mol. The molecule has 1 aromatic carbocycles. The summed E-state index contributed by atoms with van der Waals surface area (Å²) in [4.78, 5) is 18.6. The summed E-state index contributed by atoms with van der Waals surface area (Å²) in [5, 5.41) is 21.1. The van der Waals surface area contributed by atoms with Gasteiger partial charge in [-0.1, -0.05) is 0 Å². The van der Waals surface area contributed by atoms with Crippen molar-refractivity contribution in [2.45, 2.75) is 4.90 Å². The van der Waals surface area contributed by atoms with Crippen molar-refractivity contribution in [2.75, 3.05) is 0 Å². The maximum atomic E-state index is 11.4. The number of benzene rings is 1. The zero-order valence-electron chi connectivity index (χ0n) is 7.86. The zero-order chi connectivity index (χ0) is 13.2. The van der Waals surface area contributed by atoms with E-state index in [-0.39, 0.29) is 0 Å². The highest BCUT2D eigenvalue weighted by Gasteiger charge is 2.27. The van der Waals surface area contributed by atoms with Crippen LogP contribution in [0.2, 0.25) is 0 Å². The molecule has 92 valence electrons. The minimum Gasteiger partial charge on any atom is -0.258 e. The van der Waals surface area contributed by atoms with E-state index in [1.165, 1.54) is 22.9 Å². The lowest BCUT2D eigenvalue weighted by atomic mass is 10.3. The number of rotatable bonds is 4. The van der Waals surface area contributed by atoms with Crippen molar-refractivity contribution in [1.82, 2.24) is 2.94 Å². The highest BCUT2D eigenvalue weighted by Crippen LogP contribution is 2.28. The summed E-state index contributed by atoms with van der Waals surface area (Å²) in [5.41, 5.74) is -1.40. The molecule has 0 amide bonds. The Labute approximate surface area is 109 Å². The number of nitrogens with one attached hydrogen (secondary N) is 1. The fourth-order valence-electron chi connectivity index (χ4n) is 1.03. The molecule has 0 aliphatic rings. The summed E-state index contributed by atoms with van der Waals surface area (Å²) in [6.07, 6.45) is 0. The molecule has 0 aromatic heterocycles. The van der Waals surface area contributed by atoms with Gasteiger partial charge in [0.25, 0.3) is 21.4 Å². The van der Waals surface area contributed by atoms with Gasteiger partial charge in [0.2, 0.25) is 0 Å². The van der Waals surface area contributed by atoms with E-state index in [0.717, 1.165) is 12.1 Å². The van der Waals surface area contributed by atoms with Crippen molar-refractivity contribution >= 4 is 44.3 Å². The van der Waals surface area contributed by atoms with Crippen LogP contribution in [-0.4, -0.2) is 18.3 Å². The van der Waals surface area contributed by atoms with Crippen LogP contribution in [0.15, 0.2) is 23.1 Å². The molecule has 0 fully saturated rings. The number of hydrogen-bond acceptors (Lipinski definition) is 6. The maximum absolute atomic E-state index is 11.4. The van der Waals surface area contributed by atoms with Crippen molar-refractivity contribution < 1.29 is 18.3 Å². The monoisotopic (exact) mass is 373 g/mol. The number of hydrogen-bond donors (Lipinski definition) is 1. The van der Waals surface area contributed by atoms with Crippen LogP contribution in [0.4, 0.5) is 11.4 Å². The molecule has 0 saturated heterocycles. The SMILES string of the molecule is O=[N+]([O-])c1ccc(S(=O)(=O)NI)c([N+](=O)[O-])c1. The van der Waals surface area contributed by atoms with Crippen LogP contribution in [0.25, 0.3) is 0 Å². The highest BCUT2D eigenvalue weighted by molar-refractivity contribution is 14.1. The Morgan fingerprint density at radius 1 is 1.18 bits per heavy atom. The summed E-state index contributed by atoms with van der Waals surface area (Å²) in [5.74, 6) is 0. The smallest absolute Gasteiger partial charge is 0.258 e. The van der Waals surface area contributed by atoms with E-state index in [1.807, 2.05) is 2.94 Å². The Bertz CT molecular complexity index is 585. The fraction of sp³-hybridized carbons (Fsp3) is 0. The van der Waals surface area contributed by atoms with Gasteiger partial charge in [-0.2, -0.15) is 2.94 Å². The molecule has 0 radical (unpaired) electrons. The quantitative estimate of drug-likeness (QED) is 0.364. The number of nitro benzene ring substituents is 2. The molecule has 1 N–H and O–H groups in total. The standard InChI is InChI=1S/C6H4IN3O6S/c7-8-17(15,16)6-2-1-4(9(11)12)3-5(6)10(13)14/h1-3,8H. The molecule has 11 heteroatoms. The van der Waals surface area contributed by atoms with E-state index in [0.29, 0.717) is 6.07 Å². The van der Waals surface area contributed by atoms with Gasteiger partial charge in [0.1, 0.15) is 0 Å². The number of halogens is 1. The number of nitrogens with zero attached hydrogens (tertiary/aromatic N) is 2. The van der Waals surface area contributed by atoms with E-state index in [1.54, 1.807) is 0 Å². The lowest BCUT2D eigenvalue weighted by molar-refractivity contribution is -0.396. The molecule has 17 heavy (non-hydrogen) atoms. The maximum Gasteiger partial charge on any atom is 0.296 e. The van der Waals surface area contributed by atoms with Gasteiger partial charge in [0.05, 0.1) is 15.9 Å². The van der Waals surface area contributed by atoms with Gasteiger partial charge in [0, 0.05) is 28.9 Å². The molecular formula is C6H4IN3O6S. The second kappa shape index (κ2) is 4.89. The minimum absolute atomic E-state index is 0.552. The summed E-state index contributed by atoms with van der Waals surface area (Å²) in [6, 6.07) is 2.30. The van der Waals surface area contributed by atoms with Crippen LogP contribution >= 0.6 is 22.9 Å². The van der Waals surface area contributed by atoms with Crippen molar-refractivity contribution in [3.63, 3.8) is 0 Å². The molecule has 0 unspecified atom stereocenters. The molecule has 0 bridgehead atoms. The number of nitro groups is 2. The molecule has 0 aliphatic heterocycles. The Kier molecular flexibility index (Phi) is 3.94. The van der Waals surface area contributed by atoms with Gasteiger partial charge in [-0.3, -0.25) is 20.2 Å². The Morgan fingerprint density at radius 3 is 2.18 bits per heavy atom. The zero-order valence-corrected chi connectivity index (χ0v) is 10.8. The largest absolute Gasteiger partial charge is 0.296 e. The summed E-state index contributed by atoms with van der Waals surface area (Å²) in [7, 11) is -4.04. The molecule has 0 saturated carbocycles. The van der Waals surface area contributed by atoms with E-state index < -0.39 is 36.1 Å². The van der Waals surface area contributed by atoms with Crippen LogP contribution < -0.4 is 2.94 Å². The molecule has 9 nitrogen and oxygen atoms in total. The molecule has 1 rings (SSSR count). The predicted octanol–water partition coefficient (Wildman–Crippen LogP) is 1.13. The first-order valence-electron chi connectivity index (χ1n) is 3.85. The average Bonchev–Trinajstić information content (AvgIpc) is 2.28. The number of sulfonamides is 1. The van der Waals surface area contributed by atoms with E-state index in [9.17, 15) is 28.6 Å². The molecule has 0 aliphatic carbocycles. The van der Waals surface area contributed by atoms with Crippen LogP contribution in [0.1, 0.15) is 0 Å². The van der Waals surface area contributed by atoms with Crippen molar-refractivity contribution in [3.8, 4) is 0 Å². The second-order valence-corrected chi connectivity index (χ2v) is 5.67. The van der Waals surface area contributed by atoms with Gasteiger partial charge in [-0.25, -0.2) is 8.42 Å². The minimum atomic E-state index is -4.04. The lowest BCUT2D eigenvalue weighted by Gasteiger charge is -2.02. The Balaban J connectivity index is 3.54. The van der Waals surface area contributed by atoms with Gasteiger partial charge < -0.3 is 0 Å². The van der Waals surface area contributed by atoms with E-state index in [2.05, 4.69) is 0 Å². The topological polar surface area (TPSA) is 132 Å². The van der Waals surface area contributed by atoms with Crippen LogP contribution in [0, 0.1) is 20.2 Å². The van der Waals surface area contributed by atoms with Gasteiger partial charge >= 0.3 is 0 Å². The summed E-state index contributed by atoms with van der Waals surface area (Å²) >= 11 is 1.30. The third-order valence-electron chi connectivity index (χ3n) is 1.74. The van der Waals surface area contributed by atoms with Gasteiger partial charge in [-0.15, -0.1) is 0 Å². The van der Waals surface area contributed by atoms with Crippen molar-refractivity contribution in [1.29, 1.82) is 0 Å².